The van der Waals surface area contributed by atoms with Gasteiger partial charge < -0.3 is 18.9 Å². The molecule has 0 aromatic heterocycles. The van der Waals surface area contributed by atoms with Gasteiger partial charge in [0.15, 0.2) is 5.79 Å². The molecule has 4 saturated carbocycles. The lowest BCUT2D eigenvalue weighted by molar-refractivity contribution is -0.171. The molecule has 0 bridgehead atoms. The van der Waals surface area contributed by atoms with Gasteiger partial charge in [-0.05, 0) is 68.0 Å². The average molecular weight is 621 g/mol. The summed E-state index contributed by atoms with van der Waals surface area (Å²) >= 11 is 0. The highest BCUT2D eigenvalue weighted by Gasteiger charge is 2.68. The average Bonchev–Trinajstić information content (AvgIpc) is 3.70. The van der Waals surface area contributed by atoms with Gasteiger partial charge in [0.05, 0.1) is 31.3 Å². The Hall–Kier alpha value is -3.24. The van der Waals surface area contributed by atoms with E-state index in [0.717, 1.165) is 62.1 Å². The Morgan fingerprint density at radius 3 is 1.89 bits per heavy atom. The maximum absolute atomic E-state index is 11.4. The van der Waals surface area contributed by atoms with E-state index in [2.05, 4.69) is 0 Å². The first-order valence-electron chi connectivity index (χ1n) is 15.5. The molecule has 0 amide bonds. The van der Waals surface area contributed by atoms with Crippen molar-refractivity contribution in [3.8, 4) is 11.5 Å². The van der Waals surface area contributed by atoms with Gasteiger partial charge in [0.25, 0.3) is 10.1 Å². The van der Waals surface area contributed by atoms with Gasteiger partial charge >= 0.3 is 0 Å². The second-order valence-electron chi connectivity index (χ2n) is 12.3. The van der Waals surface area contributed by atoms with Crippen molar-refractivity contribution in [1.82, 2.24) is 0 Å². The molecule has 8 nitrogen and oxygen atoms in total. The summed E-state index contributed by atoms with van der Waals surface area (Å²) in [6.07, 6.45) is 4.20. The normalized spacial score (nSPS) is 28.5. The number of ether oxygens (including phenoxy) is 4. The van der Waals surface area contributed by atoms with Crippen LogP contribution in [0.3, 0.4) is 0 Å². The molecule has 1 aliphatic heterocycles. The summed E-state index contributed by atoms with van der Waals surface area (Å²) in [6.45, 7) is 4.87. The zero-order chi connectivity index (χ0) is 30.7. The van der Waals surface area contributed by atoms with E-state index < -0.39 is 10.1 Å². The molecule has 4 aliphatic carbocycles. The van der Waals surface area contributed by atoms with Crippen LogP contribution in [0.5, 0.6) is 11.5 Å². The zero-order valence-corrected chi connectivity index (χ0v) is 25.7. The van der Waals surface area contributed by atoms with Gasteiger partial charge in [0, 0.05) is 36.5 Å². The van der Waals surface area contributed by atoms with E-state index in [4.69, 9.17) is 23.5 Å². The second kappa shape index (κ2) is 13.0. The van der Waals surface area contributed by atoms with Crippen LogP contribution < -0.4 is 9.47 Å². The fourth-order valence-electron chi connectivity index (χ4n) is 7.21. The van der Waals surface area contributed by atoms with Crippen molar-refractivity contribution in [2.45, 2.75) is 43.3 Å². The van der Waals surface area contributed by atoms with Crippen LogP contribution in [0.4, 0.5) is 0 Å². The molecule has 0 unspecified atom stereocenters. The number of benzene rings is 3. The molecule has 1 heterocycles. The van der Waals surface area contributed by atoms with Gasteiger partial charge in [-0.15, -0.1) is 0 Å². The minimum atomic E-state index is -4.02. The fraction of sp³-hybridized carbons (Fsp3) is 0.457. The standard InChI is InChI=1S/C15H18O3.C13H14O2.C7H8O3S/c1-2-4-11(5-3-1)16-10-13-12-6-7-15(14(12)13)17-8-9-18-15;14-12-7-6-10-11(13(10)12)8-15-9-4-2-1-3-5-9;1-6-2-4-7(5-3-6)11(8,9)10/h1-5,12-14H,6-10H2;1-5,10-11,13H,6-8H2;2-5H,1H3,(H,8,9,10)/t12-,13+,14-;10-,11+,13-;/m00./s1. The Balaban J connectivity index is 0.000000121. The lowest BCUT2D eigenvalue weighted by atomic mass is 10.1. The molecular formula is C35H40O8S. The third-order valence-corrected chi connectivity index (χ3v) is 10.4. The van der Waals surface area contributed by atoms with Crippen molar-refractivity contribution >= 4 is 15.9 Å². The fourth-order valence-corrected chi connectivity index (χ4v) is 7.69. The molecule has 5 aliphatic rings. The Kier molecular flexibility index (Phi) is 9.10. The predicted molar refractivity (Wildman–Crippen MR) is 164 cm³/mol. The molecular weight excluding hydrogens is 580 g/mol. The molecule has 1 spiro atoms. The number of rotatable bonds is 7. The van der Waals surface area contributed by atoms with Gasteiger partial charge in [-0.25, -0.2) is 0 Å². The molecule has 8 rings (SSSR count). The minimum Gasteiger partial charge on any atom is -0.493 e. The summed E-state index contributed by atoms with van der Waals surface area (Å²) in [4.78, 5) is 11.3. The van der Waals surface area contributed by atoms with E-state index >= 15 is 0 Å². The van der Waals surface area contributed by atoms with Crippen LogP contribution in [0.25, 0.3) is 0 Å². The van der Waals surface area contributed by atoms with Crippen LogP contribution >= 0.6 is 0 Å². The molecule has 5 fully saturated rings. The molecule has 1 saturated heterocycles. The van der Waals surface area contributed by atoms with Crippen LogP contribution in [0.2, 0.25) is 0 Å². The van der Waals surface area contributed by atoms with Gasteiger partial charge in [0.1, 0.15) is 17.3 Å². The number of hydrogen-bond donors (Lipinski definition) is 1. The number of para-hydroxylation sites is 2. The summed E-state index contributed by atoms with van der Waals surface area (Å²) in [5, 5.41) is 0. The van der Waals surface area contributed by atoms with Gasteiger partial charge in [0.2, 0.25) is 0 Å². The monoisotopic (exact) mass is 620 g/mol. The minimum absolute atomic E-state index is 0.0666. The molecule has 234 valence electrons. The van der Waals surface area contributed by atoms with E-state index in [1.807, 2.05) is 67.6 Å². The highest BCUT2D eigenvalue weighted by Crippen LogP contribution is 2.64. The van der Waals surface area contributed by atoms with Crippen molar-refractivity contribution in [3.63, 3.8) is 0 Å². The van der Waals surface area contributed by atoms with E-state index in [-0.39, 0.29) is 10.7 Å². The van der Waals surface area contributed by atoms with Crippen molar-refractivity contribution in [1.29, 1.82) is 0 Å². The SMILES string of the molecule is Cc1ccc(S(=O)(=O)O)cc1.O=C1CC[C@H]2[C@@H](COc3ccccc3)[C@@H]12.c1ccc(OC[C@@H]2[C@@H]3CCC4(OCCO4)[C@H]23)cc1. The van der Waals surface area contributed by atoms with Crippen LogP contribution in [-0.4, -0.2) is 51.0 Å². The van der Waals surface area contributed by atoms with Crippen molar-refractivity contribution < 1.29 is 36.7 Å². The number of carbonyl (C=O) groups excluding carboxylic acids is 1. The number of hydrogen-bond acceptors (Lipinski definition) is 7. The smallest absolute Gasteiger partial charge is 0.294 e. The van der Waals surface area contributed by atoms with E-state index in [1.54, 1.807) is 12.1 Å². The third-order valence-electron chi connectivity index (χ3n) is 9.56. The van der Waals surface area contributed by atoms with Crippen LogP contribution in [0, 0.1) is 42.4 Å². The van der Waals surface area contributed by atoms with Crippen LogP contribution in [0.15, 0.2) is 89.8 Å². The van der Waals surface area contributed by atoms with Crippen molar-refractivity contribution in [3.05, 3.63) is 90.5 Å². The summed E-state index contributed by atoms with van der Waals surface area (Å²) in [5.74, 6) is 5.53. The number of Topliss-reactive ketones (excluding diaryl/α,β-unsaturated/α-hetero) is 1. The quantitative estimate of drug-likeness (QED) is 0.321. The molecule has 3 aromatic carbocycles. The molecule has 9 heteroatoms. The zero-order valence-electron chi connectivity index (χ0n) is 24.9. The van der Waals surface area contributed by atoms with Crippen molar-refractivity contribution in [2.24, 2.45) is 35.5 Å². The first-order chi connectivity index (χ1) is 21.2. The van der Waals surface area contributed by atoms with Gasteiger partial charge in [-0.1, -0.05) is 54.1 Å². The lowest BCUT2D eigenvalue weighted by Crippen LogP contribution is -2.32. The van der Waals surface area contributed by atoms with Gasteiger partial charge in [-0.2, -0.15) is 8.42 Å². The summed E-state index contributed by atoms with van der Waals surface area (Å²) in [6, 6.07) is 25.9. The highest BCUT2D eigenvalue weighted by atomic mass is 32.2. The predicted octanol–water partition coefficient (Wildman–Crippen LogP) is 6.00. The van der Waals surface area contributed by atoms with Crippen LogP contribution in [-0.2, 0) is 24.4 Å². The summed E-state index contributed by atoms with van der Waals surface area (Å²) in [5.41, 5.74) is 0.956. The van der Waals surface area contributed by atoms with Gasteiger partial charge in [-0.3, -0.25) is 9.35 Å². The molecule has 1 N–H and O–H groups in total. The van der Waals surface area contributed by atoms with Crippen LogP contribution in [0.1, 0.15) is 31.2 Å². The molecule has 44 heavy (non-hydrogen) atoms. The summed E-state index contributed by atoms with van der Waals surface area (Å²) in [7, 11) is -4.02. The first-order valence-corrected chi connectivity index (χ1v) is 16.9. The number of carbonyl (C=O) groups is 1. The second-order valence-corrected chi connectivity index (χ2v) is 13.7. The largest absolute Gasteiger partial charge is 0.493 e. The van der Waals surface area contributed by atoms with E-state index in [0.29, 0.717) is 42.0 Å². The highest BCUT2D eigenvalue weighted by molar-refractivity contribution is 7.85. The maximum atomic E-state index is 11.4. The summed E-state index contributed by atoms with van der Waals surface area (Å²) < 4.78 is 52.8. The van der Waals surface area contributed by atoms with Crippen molar-refractivity contribution in [2.75, 3.05) is 26.4 Å². The van der Waals surface area contributed by atoms with E-state index in [1.165, 1.54) is 18.6 Å². The Labute approximate surface area is 259 Å². The Morgan fingerprint density at radius 1 is 0.795 bits per heavy atom. The van der Waals surface area contributed by atoms with E-state index in [9.17, 15) is 13.2 Å². The number of aryl methyl sites for hydroxylation is 1. The Morgan fingerprint density at radius 2 is 1.36 bits per heavy atom. The number of ketones is 1. The molecule has 6 atom stereocenters. The lowest BCUT2D eigenvalue weighted by Gasteiger charge is -2.25. The third kappa shape index (κ3) is 7.01. The molecule has 0 radical (unpaired) electrons. The molecule has 3 aromatic rings. The first kappa shape index (κ1) is 30.8. The topological polar surface area (TPSA) is 108 Å². The number of fused-ring (bicyclic) bond motifs is 3. The maximum Gasteiger partial charge on any atom is 0.294 e. The Bertz CT molecular complexity index is 1500.